The van der Waals surface area contributed by atoms with Crippen molar-refractivity contribution >= 4 is 28.6 Å². The number of rotatable bonds is 5. The van der Waals surface area contributed by atoms with E-state index in [0.29, 0.717) is 0 Å². The van der Waals surface area contributed by atoms with Gasteiger partial charge in [0.1, 0.15) is 6.54 Å². The molecule has 0 aliphatic carbocycles. The second kappa shape index (κ2) is 8.05. The highest BCUT2D eigenvalue weighted by molar-refractivity contribution is 7.07. The van der Waals surface area contributed by atoms with Gasteiger partial charge in [0.2, 0.25) is 5.91 Å². The van der Waals surface area contributed by atoms with Crippen LogP contribution >= 0.6 is 11.3 Å². The minimum absolute atomic E-state index is 0.0495. The molecule has 0 atom stereocenters. The zero-order chi connectivity index (χ0) is 18.7. The molecule has 1 amide bonds. The van der Waals surface area contributed by atoms with Crippen molar-refractivity contribution in [2.45, 2.75) is 27.3 Å². The molecule has 0 spiro atoms. The maximum Gasteiger partial charge on any atom is 0.307 e. The van der Waals surface area contributed by atoms with Crippen LogP contribution in [0, 0.1) is 13.8 Å². The smallest absolute Gasteiger partial charge is 0.307 e. The van der Waals surface area contributed by atoms with E-state index in [1.165, 1.54) is 10.3 Å². The second-order valence-electron chi connectivity index (χ2n) is 6.70. The SMILES string of the molecule is CCN1CCN(c2ccc(NC(=O)Cn3c(C)csc3=O)cc2C)CC1. The van der Waals surface area contributed by atoms with E-state index in [2.05, 4.69) is 35.0 Å². The number of anilines is 2. The number of hydrogen-bond acceptors (Lipinski definition) is 5. The largest absolute Gasteiger partial charge is 0.369 e. The van der Waals surface area contributed by atoms with Crippen LogP contribution in [0.4, 0.5) is 11.4 Å². The fraction of sp³-hybridized carbons (Fsp3) is 0.474. The molecule has 1 fully saturated rings. The summed E-state index contributed by atoms with van der Waals surface area (Å²) in [7, 11) is 0. The fourth-order valence-corrected chi connectivity index (χ4v) is 4.07. The van der Waals surface area contributed by atoms with Gasteiger partial charge in [-0.1, -0.05) is 18.3 Å². The lowest BCUT2D eigenvalue weighted by Crippen LogP contribution is -2.46. The number of carbonyl (C=O) groups is 1. The number of hydrogen-bond donors (Lipinski definition) is 1. The van der Waals surface area contributed by atoms with E-state index < -0.39 is 0 Å². The zero-order valence-electron chi connectivity index (χ0n) is 15.6. The molecule has 0 radical (unpaired) electrons. The number of nitrogens with one attached hydrogen (secondary N) is 1. The minimum Gasteiger partial charge on any atom is -0.369 e. The summed E-state index contributed by atoms with van der Waals surface area (Å²) >= 11 is 1.12. The fourth-order valence-electron chi connectivity index (χ4n) is 3.33. The Bertz CT molecular complexity index is 834. The predicted molar refractivity (Wildman–Crippen MR) is 107 cm³/mol. The van der Waals surface area contributed by atoms with E-state index in [-0.39, 0.29) is 17.3 Å². The van der Waals surface area contributed by atoms with Gasteiger partial charge in [0.15, 0.2) is 0 Å². The van der Waals surface area contributed by atoms with Crippen molar-refractivity contribution in [1.29, 1.82) is 0 Å². The van der Waals surface area contributed by atoms with Crippen molar-refractivity contribution in [2.75, 3.05) is 42.9 Å². The summed E-state index contributed by atoms with van der Waals surface area (Å²) in [6.07, 6.45) is 0. The number of aryl methyl sites for hydroxylation is 2. The van der Waals surface area contributed by atoms with Crippen LogP contribution in [0.3, 0.4) is 0 Å². The van der Waals surface area contributed by atoms with Gasteiger partial charge >= 0.3 is 4.87 Å². The van der Waals surface area contributed by atoms with Crippen LogP contribution in [0.2, 0.25) is 0 Å². The van der Waals surface area contributed by atoms with Gasteiger partial charge in [-0.05, 0) is 44.2 Å². The summed E-state index contributed by atoms with van der Waals surface area (Å²) in [5, 5.41) is 4.67. The van der Waals surface area contributed by atoms with Gasteiger partial charge in [-0.15, -0.1) is 0 Å². The minimum atomic E-state index is -0.183. The van der Waals surface area contributed by atoms with E-state index in [1.54, 1.807) is 5.38 Å². The van der Waals surface area contributed by atoms with Crippen LogP contribution in [0.5, 0.6) is 0 Å². The molecule has 1 aliphatic heterocycles. The van der Waals surface area contributed by atoms with Gasteiger partial charge < -0.3 is 15.1 Å². The summed E-state index contributed by atoms with van der Waals surface area (Å²) in [5.74, 6) is -0.183. The Kier molecular flexibility index (Phi) is 5.78. The highest BCUT2D eigenvalue weighted by Gasteiger charge is 2.17. The predicted octanol–water partition coefficient (Wildman–Crippen LogP) is 2.31. The molecular formula is C19H26N4O2S. The van der Waals surface area contributed by atoms with Crippen LogP contribution in [0.25, 0.3) is 0 Å². The highest BCUT2D eigenvalue weighted by Crippen LogP contribution is 2.24. The van der Waals surface area contributed by atoms with Gasteiger partial charge in [0.25, 0.3) is 0 Å². The molecule has 3 rings (SSSR count). The molecule has 0 unspecified atom stereocenters. The van der Waals surface area contributed by atoms with Crippen molar-refractivity contribution in [3.05, 3.63) is 44.5 Å². The van der Waals surface area contributed by atoms with Crippen molar-refractivity contribution in [1.82, 2.24) is 9.47 Å². The van der Waals surface area contributed by atoms with Crippen molar-refractivity contribution < 1.29 is 4.79 Å². The average molecular weight is 375 g/mol. The van der Waals surface area contributed by atoms with Gasteiger partial charge in [-0.3, -0.25) is 14.2 Å². The molecule has 2 heterocycles. The number of thiazole rings is 1. The summed E-state index contributed by atoms with van der Waals surface area (Å²) in [4.78, 5) is 28.8. The van der Waals surface area contributed by atoms with Gasteiger partial charge in [0, 0.05) is 48.6 Å². The first-order valence-corrected chi connectivity index (χ1v) is 9.88. The van der Waals surface area contributed by atoms with E-state index >= 15 is 0 Å². The van der Waals surface area contributed by atoms with E-state index in [9.17, 15) is 9.59 Å². The summed E-state index contributed by atoms with van der Waals surface area (Å²) < 4.78 is 1.49. The van der Waals surface area contributed by atoms with Crippen LogP contribution in [0.15, 0.2) is 28.4 Å². The lowest BCUT2D eigenvalue weighted by atomic mass is 10.1. The number of aromatic nitrogens is 1. The van der Waals surface area contributed by atoms with Gasteiger partial charge in [-0.25, -0.2) is 0 Å². The number of carbonyl (C=O) groups excluding carboxylic acids is 1. The molecule has 1 aromatic heterocycles. The van der Waals surface area contributed by atoms with Crippen LogP contribution < -0.4 is 15.1 Å². The molecule has 1 N–H and O–H groups in total. The molecule has 7 heteroatoms. The number of benzene rings is 1. The van der Waals surface area contributed by atoms with Crippen LogP contribution in [-0.2, 0) is 11.3 Å². The van der Waals surface area contributed by atoms with E-state index in [0.717, 1.165) is 61.0 Å². The van der Waals surface area contributed by atoms with Gasteiger partial charge in [-0.2, -0.15) is 0 Å². The second-order valence-corrected chi connectivity index (χ2v) is 7.52. The maximum absolute atomic E-state index is 12.3. The Morgan fingerprint density at radius 3 is 2.50 bits per heavy atom. The van der Waals surface area contributed by atoms with Crippen LogP contribution in [0.1, 0.15) is 18.2 Å². The number of nitrogens with zero attached hydrogens (tertiary/aromatic N) is 3. The van der Waals surface area contributed by atoms with Crippen LogP contribution in [-0.4, -0.2) is 48.1 Å². The lowest BCUT2D eigenvalue weighted by molar-refractivity contribution is -0.116. The highest BCUT2D eigenvalue weighted by atomic mass is 32.1. The molecule has 140 valence electrons. The third-order valence-electron chi connectivity index (χ3n) is 4.92. The summed E-state index contributed by atoms with van der Waals surface area (Å²) in [6.45, 7) is 11.5. The number of likely N-dealkylation sites (N-methyl/N-ethyl adjacent to an activating group) is 1. The molecular weight excluding hydrogens is 348 g/mol. The Hall–Kier alpha value is -2.12. The molecule has 1 saturated heterocycles. The molecule has 1 aliphatic rings. The molecule has 0 saturated carbocycles. The Morgan fingerprint density at radius 2 is 1.92 bits per heavy atom. The molecule has 1 aromatic carbocycles. The van der Waals surface area contributed by atoms with E-state index in [1.807, 2.05) is 19.1 Å². The lowest BCUT2D eigenvalue weighted by Gasteiger charge is -2.36. The normalized spacial score (nSPS) is 15.3. The Morgan fingerprint density at radius 1 is 1.19 bits per heavy atom. The third kappa shape index (κ3) is 4.16. The molecule has 0 bridgehead atoms. The van der Waals surface area contributed by atoms with Gasteiger partial charge in [0.05, 0.1) is 0 Å². The molecule has 6 nitrogen and oxygen atoms in total. The van der Waals surface area contributed by atoms with E-state index in [4.69, 9.17) is 0 Å². The first-order valence-electron chi connectivity index (χ1n) is 9.00. The van der Waals surface area contributed by atoms with Crippen molar-refractivity contribution in [3.63, 3.8) is 0 Å². The first kappa shape index (κ1) is 18.7. The maximum atomic E-state index is 12.3. The first-order chi connectivity index (χ1) is 12.5. The Labute approximate surface area is 158 Å². The van der Waals surface area contributed by atoms with Crippen molar-refractivity contribution in [3.8, 4) is 0 Å². The topological polar surface area (TPSA) is 57.6 Å². The molecule has 26 heavy (non-hydrogen) atoms. The monoisotopic (exact) mass is 374 g/mol. The quantitative estimate of drug-likeness (QED) is 0.873. The summed E-state index contributed by atoms with van der Waals surface area (Å²) in [6, 6.07) is 6.02. The zero-order valence-corrected chi connectivity index (χ0v) is 16.4. The standard InChI is InChI=1S/C19H26N4O2S/c1-4-21-7-9-22(10-8-21)17-6-5-16(11-14(17)2)20-18(24)12-23-15(3)13-26-19(23)25/h5-6,11,13H,4,7-10,12H2,1-3H3,(H,20,24). The summed E-state index contributed by atoms with van der Waals surface area (Å²) in [5.41, 5.74) is 3.96. The third-order valence-corrected chi connectivity index (χ3v) is 5.80. The number of piperazine rings is 1. The average Bonchev–Trinajstić information content (AvgIpc) is 2.94. The van der Waals surface area contributed by atoms with Crippen molar-refractivity contribution in [2.24, 2.45) is 0 Å². The Balaban J connectivity index is 1.64. The molecule has 2 aromatic rings. The number of amides is 1.